The van der Waals surface area contributed by atoms with E-state index in [4.69, 9.17) is 10.4 Å². The van der Waals surface area contributed by atoms with E-state index in [-0.39, 0.29) is 25.4 Å². The highest BCUT2D eigenvalue weighted by atomic mass is 16.4. The number of rotatable bonds is 8. The largest absolute Gasteiger partial charge is 0.481 e. The van der Waals surface area contributed by atoms with Crippen molar-refractivity contribution in [3.63, 3.8) is 0 Å². The molecule has 20 heavy (non-hydrogen) atoms. The molecule has 0 saturated heterocycles. The van der Waals surface area contributed by atoms with E-state index in [1.54, 1.807) is 24.3 Å². The third kappa shape index (κ3) is 5.50. The molecule has 0 saturated carbocycles. The van der Waals surface area contributed by atoms with Crippen LogP contribution in [-0.2, 0) is 9.59 Å². The van der Waals surface area contributed by atoms with Crippen molar-refractivity contribution in [2.75, 3.05) is 24.5 Å². The van der Waals surface area contributed by atoms with Gasteiger partial charge in [0.05, 0.1) is 12.6 Å². The molecule has 0 radical (unpaired) electrons. The first-order valence-electron chi connectivity index (χ1n) is 6.30. The zero-order chi connectivity index (χ0) is 14.8. The number of hydrogen-bond acceptors (Lipinski definition) is 4. The lowest BCUT2D eigenvalue weighted by Gasteiger charge is -2.19. The molecule has 106 valence electrons. The summed E-state index contributed by atoms with van der Waals surface area (Å²) in [5.41, 5.74) is 0.673. The number of benzene rings is 1. The van der Waals surface area contributed by atoms with E-state index in [0.29, 0.717) is 18.7 Å². The normalized spacial score (nSPS) is 9.75. The Labute approximate surface area is 117 Å². The fourth-order valence-electron chi connectivity index (χ4n) is 1.66. The van der Waals surface area contributed by atoms with Crippen LogP contribution < -0.4 is 10.2 Å². The predicted molar refractivity (Wildman–Crippen MR) is 74.1 cm³/mol. The maximum absolute atomic E-state index is 12.0. The molecule has 0 atom stereocenters. The Morgan fingerprint density at radius 3 is 2.60 bits per heavy atom. The summed E-state index contributed by atoms with van der Waals surface area (Å²) in [6.45, 7) is 0.517. The second-order valence-corrected chi connectivity index (χ2v) is 4.15. The van der Waals surface area contributed by atoms with E-state index in [0.717, 1.165) is 0 Å². The highest BCUT2D eigenvalue weighted by Crippen LogP contribution is 2.12. The zero-order valence-electron chi connectivity index (χ0n) is 11.1. The average molecular weight is 275 g/mol. The average Bonchev–Trinajstić information content (AvgIpc) is 2.44. The van der Waals surface area contributed by atoms with Crippen LogP contribution in [0.4, 0.5) is 5.69 Å². The molecule has 0 aromatic heterocycles. The summed E-state index contributed by atoms with van der Waals surface area (Å²) in [7, 11) is 0. The van der Waals surface area contributed by atoms with E-state index in [2.05, 4.69) is 5.32 Å². The molecule has 6 heteroatoms. The number of carbonyl (C=O) groups excluding carboxylic acids is 1. The van der Waals surface area contributed by atoms with Crippen molar-refractivity contribution >= 4 is 17.6 Å². The number of aliphatic carboxylic acids is 1. The molecule has 0 heterocycles. The number of carboxylic acid groups (broad SMARTS) is 1. The van der Waals surface area contributed by atoms with E-state index >= 15 is 0 Å². The molecular formula is C14H17N3O3. The van der Waals surface area contributed by atoms with Gasteiger partial charge in [-0.05, 0) is 25.1 Å². The molecule has 1 aromatic rings. The van der Waals surface area contributed by atoms with Crippen molar-refractivity contribution in [2.45, 2.75) is 12.8 Å². The number of carbonyl (C=O) groups is 2. The molecular weight excluding hydrogens is 258 g/mol. The summed E-state index contributed by atoms with van der Waals surface area (Å²) in [6.07, 6.45) is 0.536. The number of carboxylic acids is 1. The Morgan fingerprint density at radius 1 is 1.30 bits per heavy atom. The number of para-hydroxylation sites is 1. The third-order valence-corrected chi connectivity index (χ3v) is 2.62. The second-order valence-electron chi connectivity index (χ2n) is 4.15. The topological polar surface area (TPSA) is 93.4 Å². The summed E-state index contributed by atoms with van der Waals surface area (Å²) >= 11 is 0. The lowest BCUT2D eigenvalue weighted by molar-refractivity contribution is -0.137. The van der Waals surface area contributed by atoms with Crippen molar-refractivity contribution in [3.8, 4) is 6.07 Å². The summed E-state index contributed by atoms with van der Waals surface area (Å²) in [5, 5.41) is 20.2. The third-order valence-electron chi connectivity index (χ3n) is 2.62. The van der Waals surface area contributed by atoms with Crippen LogP contribution in [0.15, 0.2) is 30.3 Å². The highest BCUT2D eigenvalue weighted by molar-refractivity contribution is 5.95. The molecule has 0 spiro atoms. The van der Waals surface area contributed by atoms with E-state index < -0.39 is 5.97 Å². The first-order valence-corrected chi connectivity index (χ1v) is 6.30. The Hall–Kier alpha value is -2.39. The Balaban J connectivity index is 2.46. The van der Waals surface area contributed by atoms with Gasteiger partial charge in [-0.15, -0.1) is 0 Å². The summed E-state index contributed by atoms with van der Waals surface area (Å²) in [6, 6.07) is 10.9. The van der Waals surface area contributed by atoms with Crippen LogP contribution in [0, 0.1) is 11.3 Å². The first kappa shape index (κ1) is 15.7. The minimum absolute atomic E-state index is 0.0142. The molecule has 1 aromatic carbocycles. The van der Waals surface area contributed by atoms with Crippen LogP contribution in [0.3, 0.4) is 0 Å². The Bertz CT molecular complexity index is 482. The van der Waals surface area contributed by atoms with Crippen molar-refractivity contribution in [1.82, 2.24) is 5.32 Å². The van der Waals surface area contributed by atoms with Gasteiger partial charge in [0, 0.05) is 12.1 Å². The van der Waals surface area contributed by atoms with Gasteiger partial charge in [-0.3, -0.25) is 14.5 Å². The van der Waals surface area contributed by atoms with E-state index in [1.165, 1.54) is 4.90 Å². The van der Waals surface area contributed by atoms with Gasteiger partial charge >= 0.3 is 5.97 Å². The SMILES string of the molecule is N#CCN(C(=O)CNCCCC(=O)O)c1ccccc1. The standard InChI is InChI=1S/C14H17N3O3/c15-8-10-17(12-5-2-1-3-6-12)13(18)11-16-9-4-7-14(19)20/h1-3,5-6,16H,4,7,9-11H2,(H,19,20). The quantitative estimate of drug-likeness (QED) is 0.545. The second kappa shape index (κ2) is 8.67. The van der Waals surface area contributed by atoms with Gasteiger partial charge < -0.3 is 10.4 Å². The predicted octanol–water partition coefficient (Wildman–Crippen LogP) is 0.998. The van der Waals surface area contributed by atoms with Crippen LogP contribution in [0.1, 0.15) is 12.8 Å². The number of nitriles is 1. The van der Waals surface area contributed by atoms with Gasteiger partial charge in [-0.2, -0.15) is 5.26 Å². The zero-order valence-corrected chi connectivity index (χ0v) is 11.1. The van der Waals surface area contributed by atoms with Gasteiger partial charge in [0.15, 0.2) is 0 Å². The van der Waals surface area contributed by atoms with Crippen molar-refractivity contribution in [1.29, 1.82) is 5.26 Å². The number of hydrogen-bond donors (Lipinski definition) is 2. The molecule has 0 aliphatic carbocycles. The van der Waals surface area contributed by atoms with E-state index in [1.807, 2.05) is 12.1 Å². The Morgan fingerprint density at radius 2 is 2.00 bits per heavy atom. The first-order chi connectivity index (χ1) is 9.65. The van der Waals surface area contributed by atoms with Gasteiger partial charge in [0.25, 0.3) is 0 Å². The highest BCUT2D eigenvalue weighted by Gasteiger charge is 2.14. The minimum atomic E-state index is -0.853. The van der Waals surface area contributed by atoms with Gasteiger partial charge in [0.2, 0.25) is 5.91 Å². The molecule has 0 fully saturated rings. The molecule has 0 aliphatic heterocycles. The number of nitrogens with one attached hydrogen (secondary N) is 1. The van der Waals surface area contributed by atoms with Crippen LogP contribution >= 0.6 is 0 Å². The van der Waals surface area contributed by atoms with Gasteiger partial charge in [0.1, 0.15) is 6.54 Å². The number of amides is 1. The maximum atomic E-state index is 12.0. The maximum Gasteiger partial charge on any atom is 0.303 e. The molecule has 0 unspecified atom stereocenters. The lowest BCUT2D eigenvalue weighted by Crippen LogP contribution is -2.38. The molecule has 0 bridgehead atoms. The fourth-order valence-corrected chi connectivity index (χ4v) is 1.66. The molecule has 6 nitrogen and oxygen atoms in total. The molecule has 1 rings (SSSR count). The van der Waals surface area contributed by atoms with Gasteiger partial charge in [-0.1, -0.05) is 18.2 Å². The number of anilines is 1. The smallest absolute Gasteiger partial charge is 0.303 e. The van der Waals surface area contributed by atoms with Gasteiger partial charge in [-0.25, -0.2) is 0 Å². The van der Waals surface area contributed by atoms with Crippen LogP contribution in [0.2, 0.25) is 0 Å². The van der Waals surface area contributed by atoms with Crippen LogP contribution in [0.5, 0.6) is 0 Å². The molecule has 1 amide bonds. The lowest BCUT2D eigenvalue weighted by atomic mass is 10.2. The van der Waals surface area contributed by atoms with Crippen molar-refractivity contribution in [2.24, 2.45) is 0 Å². The minimum Gasteiger partial charge on any atom is -0.481 e. The summed E-state index contributed by atoms with van der Waals surface area (Å²) in [4.78, 5) is 23.8. The summed E-state index contributed by atoms with van der Waals surface area (Å²) in [5.74, 6) is -1.07. The van der Waals surface area contributed by atoms with Crippen LogP contribution in [-0.4, -0.2) is 36.6 Å². The van der Waals surface area contributed by atoms with Crippen molar-refractivity contribution < 1.29 is 14.7 Å². The summed E-state index contributed by atoms with van der Waals surface area (Å²) < 4.78 is 0. The Kier molecular flexibility index (Phi) is 6.79. The molecule has 0 aliphatic rings. The van der Waals surface area contributed by atoms with E-state index in [9.17, 15) is 9.59 Å². The monoisotopic (exact) mass is 275 g/mol. The number of nitrogens with zero attached hydrogens (tertiary/aromatic N) is 2. The molecule has 2 N–H and O–H groups in total. The van der Waals surface area contributed by atoms with Crippen LogP contribution in [0.25, 0.3) is 0 Å². The van der Waals surface area contributed by atoms with Crippen molar-refractivity contribution in [3.05, 3.63) is 30.3 Å². The fraction of sp³-hybridized carbons (Fsp3) is 0.357.